The summed E-state index contributed by atoms with van der Waals surface area (Å²) in [5.74, 6) is 0.616. The molecule has 0 aliphatic carbocycles. The van der Waals surface area contributed by atoms with Gasteiger partial charge in [0.15, 0.2) is 0 Å². The Morgan fingerprint density at radius 1 is 1.62 bits per heavy atom. The molecule has 3 atom stereocenters. The van der Waals surface area contributed by atoms with E-state index in [1.165, 1.54) is 20.6 Å². The fourth-order valence-electron chi connectivity index (χ4n) is 2.38. The van der Waals surface area contributed by atoms with Crippen LogP contribution in [0.4, 0.5) is 0 Å². The number of rotatable bonds is 3. The molecule has 2 heterocycles. The zero-order valence-corrected chi connectivity index (χ0v) is 13.5. The number of hydrogen-bond donors (Lipinski definition) is 0. The maximum absolute atomic E-state index is 5.77. The molecule has 16 heavy (non-hydrogen) atoms. The summed E-state index contributed by atoms with van der Waals surface area (Å²) in [6, 6.07) is 2.24. The number of thiophene rings is 1. The normalized spacial score (nSPS) is 27.2. The van der Waals surface area contributed by atoms with Crippen molar-refractivity contribution >= 4 is 43.2 Å². The van der Waals surface area contributed by atoms with Crippen LogP contribution in [0.5, 0.6) is 0 Å². The van der Waals surface area contributed by atoms with Gasteiger partial charge >= 0.3 is 0 Å². The second kappa shape index (κ2) is 5.51. The van der Waals surface area contributed by atoms with Gasteiger partial charge in [0.05, 0.1) is 9.89 Å². The Morgan fingerprint density at radius 2 is 2.38 bits per heavy atom. The summed E-state index contributed by atoms with van der Waals surface area (Å²) in [5, 5.41) is 0. The minimum Gasteiger partial charge on any atom is -0.378 e. The van der Waals surface area contributed by atoms with Crippen molar-refractivity contribution in [3.05, 3.63) is 20.3 Å². The van der Waals surface area contributed by atoms with Crippen LogP contribution in [0.25, 0.3) is 0 Å². The van der Waals surface area contributed by atoms with E-state index in [0.717, 1.165) is 13.0 Å². The first-order chi connectivity index (χ1) is 7.63. The van der Waals surface area contributed by atoms with Gasteiger partial charge in [0, 0.05) is 22.2 Å². The van der Waals surface area contributed by atoms with E-state index >= 15 is 0 Å². The Bertz CT molecular complexity index is 364. The summed E-state index contributed by atoms with van der Waals surface area (Å²) in [5.41, 5.74) is 1.42. The van der Waals surface area contributed by atoms with Crippen LogP contribution < -0.4 is 0 Å². The summed E-state index contributed by atoms with van der Waals surface area (Å²) >= 11 is 9.23. The molecule has 1 aromatic heterocycles. The average Bonchev–Trinajstić information content (AvgIpc) is 2.83. The molecule has 0 saturated carbocycles. The molecular formula is C12H16Br2OS. The zero-order chi connectivity index (χ0) is 11.7. The SMILES string of the molecule is CCC1OCCC1C(Br)c1cc(Br)sc1C. The van der Waals surface area contributed by atoms with E-state index < -0.39 is 0 Å². The van der Waals surface area contributed by atoms with Crippen LogP contribution in [-0.2, 0) is 4.74 Å². The molecule has 1 nitrogen and oxygen atoms in total. The monoisotopic (exact) mass is 366 g/mol. The van der Waals surface area contributed by atoms with Gasteiger partial charge in [0.2, 0.25) is 0 Å². The van der Waals surface area contributed by atoms with Crippen molar-refractivity contribution in [1.82, 2.24) is 0 Å². The minimum atomic E-state index is 0.419. The minimum absolute atomic E-state index is 0.419. The smallest absolute Gasteiger partial charge is 0.0704 e. The summed E-state index contributed by atoms with van der Waals surface area (Å²) < 4.78 is 6.98. The molecule has 0 amide bonds. The molecular weight excluding hydrogens is 352 g/mol. The van der Waals surface area contributed by atoms with E-state index in [4.69, 9.17) is 4.74 Å². The number of hydrogen-bond acceptors (Lipinski definition) is 2. The molecule has 1 aliphatic rings. The van der Waals surface area contributed by atoms with Crippen molar-refractivity contribution < 1.29 is 4.74 Å². The van der Waals surface area contributed by atoms with Crippen molar-refractivity contribution in [2.45, 2.75) is 37.6 Å². The Hall–Kier alpha value is 0.620. The van der Waals surface area contributed by atoms with Gasteiger partial charge in [-0.25, -0.2) is 0 Å². The number of aryl methyl sites for hydroxylation is 1. The molecule has 0 bridgehead atoms. The van der Waals surface area contributed by atoms with E-state index in [9.17, 15) is 0 Å². The highest BCUT2D eigenvalue weighted by Crippen LogP contribution is 2.44. The lowest BCUT2D eigenvalue weighted by Crippen LogP contribution is -2.19. The van der Waals surface area contributed by atoms with Gasteiger partial charge in [-0.2, -0.15) is 0 Å². The highest BCUT2D eigenvalue weighted by Gasteiger charge is 2.34. The van der Waals surface area contributed by atoms with Crippen LogP contribution in [0, 0.1) is 12.8 Å². The van der Waals surface area contributed by atoms with E-state index in [2.05, 4.69) is 51.8 Å². The van der Waals surface area contributed by atoms with Gasteiger partial charge in [-0.1, -0.05) is 22.9 Å². The third-order valence-electron chi connectivity index (χ3n) is 3.26. The molecule has 3 unspecified atom stereocenters. The van der Waals surface area contributed by atoms with Crippen molar-refractivity contribution in [2.24, 2.45) is 5.92 Å². The van der Waals surface area contributed by atoms with Gasteiger partial charge in [-0.15, -0.1) is 11.3 Å². The van der Waals surface area contributed by atoms with E-state index in [0.29, 0.717) is 16.8 Å². The maximum Gasteiger partial charge on any atom is 0.0704 e. The molecule has 4 heteroatoms. The van der Waals surface area contributed by atoms with Crippen LogP contribution in [0.15, 0.2) is 9.85 Å². The predicted molar refractivity (Wildman–Crippen MR) is 76.6 cm³/mol. The average molecular weight is 368 g/mol. The molecule has 0 spiro atoms. The molecule has 0 radical (unpaired) electrons. The third-order valence-corrected chi connectivity index (χ3v) is 6.00. The Morgan fingerprint density at radius 3 is 2.94 bits per heavy atom. The summed E-state index contributed by atoms with van der Waals surface area (Å²) in [4.78, 5) is 1.83. The highest BCUT2D eigenvalue weighted by molar-refractivity contribution is 9.11. The largest absolute Gasteiger partial charge is 0.378 e. The molecule has 90 valence electrons. The lowest BCUT2D eigenvalue weighted by Gasteiger charge is -2.22. The molecule has 1 saturated heterocycles. The van der Waals surface area contributed by atoms with Crippen LogP contribution >= 0.6 is 43.2 Å². The van der Waals surface area contributed by atoms with E-state index in [1.807, 2.05) is 11.3 Å². The third kappa shape index (κ3) is 2.55. The van der Waals surface area contributed by atoms with Crippen molar-refractivity contribution in [2.75, 3.05) is 6.61 Å². The first-order valence-corrected chi connectivity index (χ1v) is 8.17. The first-order valence-electron chi connectivity index (χ1n) is 5.65. The Labute approximate surface area is 118 Å². The van der Waals surface area contributed by atoms with Gasteiger partial charge in [-0.05, 0) is 47.3 Å². The Balaban J connectivity index is 2.18. The predicted octanol–water partition coefficient (Wildman–Crippen LogP) is 5.07. The first kappa shape index (κ1) is 13.1. The van der Waals surface area contributed by atoms with E-state index in [-0.39, 0.29) is 0 Å². The van der Waals surface area contributed by atoms with Crippen molar-refractivity contribution in [3.63, 3.8) is 0 Å². The molecule has 1 fully saturated rings. The van der Waals surface area contributed by atoms with Crippen molar-refractivity contribution in [3.8, 4) is 0 Å². The number of halogens is 2. The van der Waals surface area contributed by atoms with E-state index in [1.54, 1.807) is 0 Å². The summed E-state index contributed by atoms with van der Waals surface area (Å²) in [6.07, 6.45) is 2.70. The highest BCUT2D eigenvalue weighted by atomic mass is 79.9. The van der Waals surface area contributed by atoms with Crippen molar-refractivity contribution in [1.29, 1.82) is 0 Å². The van der Waals surface area contributed by atoms with Gasteiger partial charge in [0.25, 0.3) is 0 Å². The topological polar surface area (TPSA) is 9.23 Å². The number of alkyl halides is 1. The summed E-state index contributed by atoms with van der Waals surface area (Å²) in [7, 11) is 0. The maximum atomic E-state index is 5.77. The lowest BCUT2D eigenvalue weighted by molar-refractivity contribution is 0.0873. The molecule has 1 aliphatic heterocycles. The van der Waals surface area contributed by atoms with Crippen LogP contribution in [0.1, 0.15) is 35.0 Å². The molecule has 1 aromatic rings. The zero-order valence-electron chi connectivity index (χ0n) is 9.50. The lowest BCUT2D eigenvalue weighted by atomic mass is 9.92. The van der Waals surface area contributed by atoms with Crippen LogP contribution in [0.2, 0.25) is 0 Å². The van der Waals surface area contributed by atoms with Gasteiger partial charge < -0.3 is 4.74 Å². The molecule has 0 aromatic carbocycles. The second-order valence-corrected chi connectivity index (χ2v) is 7.86. The van der Waals surface area contributed by atoms with Gasteiger partial charge in [-0.3, -0.25) is 0 Å². The second-order valence-electron chi connectivity index (χ2n) is 4.23. The van der Waals surface area contributed by atoms with Crippen LogP contribution in [-0.4, -0.2) is 12.7 Å². The number of ether oxygens (including phenoxy) is 1. The fourth-order valence-corrected chi connectivity index (χ4v) is 5.37. The summed E-state index contributed by atoms with van der Waals surface area (Å²) in [6.45, 7) is 5.31. The van der Waals surface area contributed by atoms with Gasteiger partial charge in [0.1, 0.15) is 0 Å². The quantitative estimate of drug-likeness (QED) is 0.677. The Kier molecular flexibility index (Phi) is 4.50. The standard InChI is InChI=1S/C12H16Br2OS/c1-3-10-8(4-5-15-10)12(14)9-6-11(13)16-7(9)2/h6,8,10,12H,3-5H2,1-2H3. The fraction of sp³-hybridized carbons (Fsp3) is 0.667. The van der Waals surface area contributed by atoms with Crippen LogP contribution in [0.3, 0.4) is 0 Å². The molecule has 0 N–H and O–H groups in total. The molecule has 2 rings (SSSR count).